The van der Waals surface area contributed by atoms with E-state index in [0.717, 1.165) is 41.0 Å². The first-order valence-electron chi connectivity index (χ1n) is 6.76. The van der Waals surface area contributed by atoms with E-state index in [9.17, 15) is 4.39 Å². The molecule has 0 unspecified atom stereocenters. The number of aromatic nitrogens is 2. The molecule has 2 N–H and O–H groups in total. The van der Waals surface area contributed by atoms with Crippen molar-refractivity contribution in [2.75, 3.05) is 5.73 Å². The molecular weight excluding hydrogens is 253 g/mol. The second-order valence-corrected chi connectivity index (χ2v) is 5.29. The highest BCUT2D eigenvalue weighted by Gasteiger charge is 2.28. The molecule has 3 aromatic rings. The third-order valence-corrected chi connectivity index (χ3v) is 3.73. The van der Waals surface area contributed by atoms with Crippen LogP contribution in [0.3, 0.4) is 0 Å². The average molecular weight is 267 g/mol. The highest BCUT2D eigenvalue weighted by atomic mass is 19.1. The van der Waals surface area contributed by atoms with Crippen LogP contribution in [0, 0.1) is 5.82 Å². The summed E-state index contributed by atoms with van der Waals surface area (Å²) in [4.78, 5) is 4.67. The molecule has 20 heavy (non-hydrogen) atoms. The van der Waals surface area contributed by atoms with E-state index < -0.39 is 0 Å². The Morgan fingerprint density at radius 3 is 2.55 bits per heavy atom. The maximum absolute atomic E-state index is 13.5. The Kier molecular flexibility index (Phi) is 2.33. The second-order valence-electron chi connectivity index (χ2n) is 5.29. The lowest BCUT2D eigenvalue weighted by atomic mass is 10.2. The number of halogens is 1. The summed E-state index contributed by atoms with van der Waals surface area (Å²) in [5.41, 5.74) is 9.19. The summed E-state index contributed by atoms with van der Waals surface area (Å²) in [5, 5.41) is 0. The standard InChI is InChI=1S/C16H14FN3/c17-11-3-8-14-15(9-11)20(13-6-7-13)16(19-14)10-1-4-12(18)5-2-10/h1-5,8-9,13H,6-7,18H2. The first-order chi connectivity index (χ1) is 9.72. The van der Waals surface area contributed by atoms with Gasteiger partial charge in [0.2, 0.25) is 0 Å². The van der Waals surface area contributed by atoms with Gasteiger partial charge in [-0.2, -0.15) is 0 Å². The molecule has 1 heterocycles. The van der Waals surface area contributed by atoms with Gasteiger partial charge in [-0.1, -0.05) is 0 Å². The Balaban J connectivity index is 1.98. The minimum atomic E-state index is -0.219. The Bertz CT molecular complexity index is 785. The molecule has 1 saturated carbocycles. The molecule has 4 heteroatoms. The molecule has 0 atom stereocenters. The Labute approximate surface area is 115 Å². The van der Waals surface area contributed by atoms with E-state index in [1.807, 2.05) is 24.3 Å². The van der Waals surface area contributed by atoms with Crippen LogP contribution in [0.5, 0.6) is 0 Å². The molecule has 0 saturated heterocycles. The summed E-state index contributed by atoms with van der Waals surface area (Å²) >= 11 is 0. The van der Waals surface area contributed by atoms with Crippen LogP contribution in [0.15, 0.2) is 42.5 Å². The van der Waals surface area contributed by atoms with E-state index in [0.29, 0.717) is 6.04 Å². The molecule has 1 fully saturated rings. The molecule has 1 aliphatic carbocycles. The number of hydrogen-bond donors (Lipinski definition) is 1. The van der Waals surface area contributed by atoms with Crippen LogP contribution in [0.4, 0.5) is 10.1 Å². The third kappa shape index (κ3) is 1.76. The number of nitrogens with two attached hydrogens (primary N) is 1. The van der Waals surface area contributed by atoms with E-state index in [1.54, 1.807) is 12.1 Å². The minimum absolute atomic E-state index is 0.219. The fourth-order valence-corrected chi connectivity index (χ4v) is 2.60. The van der Waals surface area contributed by atoms with Gasteiger partial charge >= 0.3 is 0 Å². The monoisotopic (exact) mass is 267 g/mol. The first-order valence-corrected chi connectivity index (χ1v) is 6.76. The lowest BCUT2D eigenvalue weighted by Crippen LogP contribution is -1.97. The van der Waals surface area contributed by atoms with Crippen molar-refractivity contribution >= 4 is 16.7 Å². The molecule has 3 nitrogen and oxygen atoms in total. The molecule has 4 rings (SSSR count). The average Bonchev–Trinajstić information content (AvgIpc) is 3.21. The number of nitrogen functional groups attached to an aromatic ring is 1. The van der Waals surface area contributed by atoms with Crippen molar-refractivity contribution in [3.8, 4) is 11.4 Å². The SMILES string of the molecule is Nc1ccc(-c2nc3ccc(F)cc3n2C2CC2)cc1. The highest BCUT2D eigenvalue weighted by Crippen LogP contribution is 2.41. The van der Waals surface area contributed by atoms with Crippen LogP contribution in [-0.2, 0) is 0 Å². The zero-order valence-electron chi connectivity index (χ0n) is 10.9. The van der Waals surface area contributed by atoms with Crippen molar-refractivity contribution in [1.29, 1.82) is 0 Å². The molecule has 1 aromatic heterocycles. The number of benzene rings is 2. The lowest BCUT2D eigenvalue weighted by Gasteiger charge is -2.07. The van der Waals surface area contributed by atoms with Gasteiger partial charge in [0.25, 0.3) is 0 Å². The van der Waals surface area contributed by atoms with E-state index in [1.165, 1.54) is 6.07 Å². The summed E-state index contributed by atoms with van der Waals surface area (Å²) in [6.45, 7) is 0. The van der Waals surface area contributed by atoms with Gasteiger partial charge < -0.3 is 10.3 Å². The van der Waals surface area contributed by atoms with Crippen LogP contribution in [-0.4, -0.2) is 9.55 Å². The van der Waals surface area contributed by atoms with Crippen molar-refractivity contribution in [3.05, 3.63) is 48.3 Å². The molecule has 0 spiro atoms. The topological polar surface area (TPSA) is 43.8 Å². The van der Waals surface area contributed by atoms with Crippen molar-refractivity contribution in [2.24, 2.45) is 0 Å². The minimum Gasteiger partial charge on any atom is -0.399 e. The van der Waals surface area contributed by atoms with Gasteiger partial charge in [0, 0.05) is 17.3 Å². The van der Waals surface area contributed by atoms with Crippen LogP contribution in [0.2, 0.25) is 0 Å². The molecule has 0 radical (unpaired) electrons. The van der Waals surface area contributed by atoms with Gasteiger partial charge in [0.15, 0.2) is 0 Å². The number of hydrogen-bond acceptors (Lipinski definition) is 2. The Morgan fingerprint density at radius 2 is 1.85 bits per heavy atom. The van der Waals surface area contributed by atoms with Crippen molar-refractivity contribution in [2.45, 2.75) is 18.9 Å². The molecule has 1 aliphatic rings. The predicted octanol–water partition coefficient (Wildman–Crippen LogP) is 3.76. The summed E-state index contributed by atoms with van der Waals surface area (Å²) in [5.74, 6) is 0.677. The van der Waals surface area contributed by atoms with Gasteiger partial charge in [0.05, 0.1) is 11.0 Å². The highest BCUT2D eigenvalue weighted by molar-refractivity contribution is 5.81. The first kappa shape index (κ1) is 11.5. The number of nitrogens with zero attached hydrogens (tertiary/aromatic N) is 2. The van der Waals surface area contributed by atoms with E-state index in [4.69, 9.17) is 5.73 Å². The quantitative estimate of drug-likeness (QED) is 0.718. The van der Waals surface area contributed by atoms with Crippen LogP contribution in [0.25, 0.3) is 22.4 Å². The smallest absolute Gasteiger partial charge is 0.141 e. The number of fused-ring (bicyclic) bond motifs is 1. The van der Waals surface area contributed by atoms with Gasteiger partial charge in [-0.25, -0.2) is 9.37 Å². The molecule has 2 aromatic carbocycles. The predicted molar refractivity (Wildman–Crippen MR) is 77.8 cm³/mol. The molecule has 0 bridgehead atoms. The van der Waals surface area contributed by atoms with Crippen LogP contribution < -0.4 is 5.73 Å². The van der Waals surface area contributed by atoms with Gasteiger partial charge in [0.1, 0.15) is 11.6 Å². The van der Waals surface area contributed by atoms with Crippen molar-refractivity contribution < 1.29 is 4.39 Å². The van der Waals surface area contributed by atoms with E-state index >= 15 is 0 Å². The number of imidazole rings is 1. The number of anilines is 1. The summed E-state index contributed by atoms with van der Waals surface area (Å²) in [7, 11) is 0. The largest absolute Gasteiger partial charge is 0.399 e. The zero-order chi connectivity index (χ0) is 13.7. The van der Waals surface area contributed by atoms with Crippen LogP contribution in [0.1, 0.15) is 18.9 Å². The Morgan fingerprint density at radius 1 is 1.10 bits per heavy atom. The normalized spacial score (nSPS) is 14.8. The number of rotatable bonds is 2. The fourth-order valence-electron chi connectivity index (χ4n) is 2.60. The molecular formula is C16H14FN3. The van der Waals surface area contributed by atoms with Gasteiger partial charge in [-0.05, 0) is 55.3 Å². The summed E-state index contributed by atoms with van der Waals surface area (Å²) in [6.07, 6.45) is 2.26. The van der Waals surface area contributed by atoms with Crippen molar-refractivity contribution in [3.63, 3.8) is 0 Å². The lowest BCUT2D eigenvalue weighted by molar-refractivity contribution is 0.628. The molecule has 0 amide bonds. The third-order valence-electron chi connectivity index (χ3n) is 3.73. The zero-order valence-corrected chi connectivity index (χ0v) is 10.9. The summed E-state index contributed by atoms with van der Waals surface area (Å²) in [6, 6.07) is 12.9. The Hall–Kier alpha value is -2.36. The van der Waals surface area contributed by atoms with Gasteiger partial charge in [-0.15, -0.1) is 0 Å². The van der Waals surface area contributed by atoms with Gasteiger partial charge in [-0.3, -0.25) is 0 Å². The maximum atomic E-state index is 13.5. The summed E-state index contributed by atoms with van der Waals surface area (Å²) < 4.78 is 15.7. The van der Waals surface area contributed by atoms with E-state index in [2.05, 4.69) is 9.55 Å². The maximum Gasteiger partial charge on any atom is 0.141 e. The fraction of sp³-hybridized carbons (Fsp3) is 0.188. The van der Waals surface area contributed by atoms with E-state index in [-0.39, 0.29) is 5.82 Å². The second kappa shape index (κ2) is 4.07. The van der Waals surface area contributed by atoms with Crippen molar-refractivity contribution in [1.82, 2.24) is 9.55 Å². The van der Waals surface area contributed by atoms with Crippen LogP contribution >= 0.6 is 0 Å². The molecule has 0 aliphatic heterocycles. The molecule has 100 valence electrons.